The van der Waals surface area contributed by atoms with Gasteiger partial charge in [-0.3, -0.25) is 14.7 Å². The largest absolute Gasteiger partial charge is 0.442 e. The van der Waals surface area contributed by atoms with Gasteiger partial charge in [0.15, 0.2) is 0 Å². The summed E-state index contributed by atoms with van der Waals surface area (Å²) in [5, 5.41) is 8.55. The highest BCUT2D eigenvalue weighted by Crippen LogP contribution is 2.34. The Kier molecular flexibility index (Phi) is 8.36. The second kappa shape index (κ2) is 12.3. The number of hydrogen-bond donors (Lipinski definition) is 1. The second-order valence-corrected chi connectivity index (χ2v) is 13.3. The van der Waals surface area contributed by atoms with Crippen molar-refractivity contribution in [2.24, 2.45) is 0 Å². The third-order valence-corrected chi connectivity index (χ3v) is 8.45. The fourth-order valence-electron chi connectivity index (χ4n) is 5.10. The Hall–Kier alpha value is -3.95. The number of pyridine rings is 1. The Morgan fingerprint density at radius 1 is 1.05 bits per heavy atom. The van der Waals surface area contributed by atoms with Gasteiger partial charge in [-0.25, -0.2) is 4.79 Å². The first-order chi connectivity index (χ1) is 20.7. The molecule has 1 saturated heterocycles. The number of hydrogen-bond acceptors (Lipinski definition) is 7. The molecule has 0 unspecified atom stereocenters. The maximum Gasteiger partial charge on any atom is 0.435 e. The van der Waals surface area contributed by atoms with Crippen LogP contribution in [-0.4, -0.2) is 56.4 Å². The van der Waals surface area contributed by atoms with Crippen molar-refractivity contribution in [1.82, 2.24) is 25.0 Å². The third kappa shape index (κ3) is 7.35. The second-order valence-electron chi connectivity index (χ2n) is 12.2. The molecule has 0 spiro atoms. The van der Waals surface area contributed by atoms with Crippen LogP contribution in [0, 0.1) is 0 Å². The highest BCUT2D eigenvalue weighted by atomic mass is 32.2. The van der Waals surface area contributed by atoms with Crippen LogP contribution in [0.3, 0.4) is 0 Å². The van der Waals surface area contributed by atoms with Gasteiger partial charge in [-0.15, -0.1) is 0 Å². The standard InChI is InChI=1S/C34H37N5O3S/c1-34(2,3)42-33(41)39-30-20-26(43-31-9-5-4-8-28(31)32(40)36-25-12-13-25)15-16-27(30)29(37-39)17-14-24-11-10-23(21-35-24)22-38-18-6-7-19-38/h4-5,8-11,14-17,20-21,25H,6-7,12-13,18-19,22H2,1-3H3,(H,36,40)/b17-14+. The van der Waals surface area contributed by atoms with E-state index in [0.717, 1.165) is 53.3 Å². The average molecular weight is 596 g/mol. The minimum atomic E-state index is -0.674. The van der Waals surface area contributed by atoms with Gasteiger partial charge in [-0.05, 0) is 114 Å². The Labute approximate surface area is 256 Å². The van der Waals surface area contributed by atoms with Gasteiger partial charge in [0.2, 0.25) is 0 Å². The average Bonchev–Trinajstić information content (AvgIpc) is 3.49. The zero-order chi connectivity index (χ0) is 30.0. The number of nitrogens with zero attached hydrogens (tertiary/aromatic N) is 4. The Balaban J connectivity index is 1.28. The molecule has 9 heteroatoms. The van der Waals surface area contributed by atoms with Gasteiger partial charge in [0.05, 0.1) is 22.5 Å². The van der Waals surface area contributed by atoms with Crippen LogP contribution in [0.1, 0.15) is 73.8 Å². The van der Waals surface area contributed by atoms with E-state index in [1.807, 2.05) is 87.7 Å². The van der Waals surface area contributed by atoms with Crippen LogP contribution in [0.15, 0.2) is 70.6 Å². The first-order valence-corrected chi connectivity index (χ1v) is 15.7. The van der Waals surface area contributed by atoms with Crippen molar-refractivity contribution in [1.29, 1.82) is 0 Å². The molecule has 0 radical (unpaired) electrons. The fourth-order valence-corrected chi connectivity index (χ4v) is 6.08. The minimum Gasteiger partial charge on any atom is -0.442 e. The van der Waals surface area contributed by atoms with E-state index in [1.54, 1.807) is 0 Å². The van der Waals surface area contributed by atoms with E-state index in [-0.39, 0.29) is 11.9 Å². The molecule has 8 nitrogen and oxygen atoms in total. The van der Waals surface area contributed by atoms with Crippen LogP contribution in [0.5, 0.6) is 0 Å². The van der Waals surface area contributed by atoms with Crippen LogP contribution in [0.4, 0.5) is 4.79 Å². The lowest BCUT2D eigenvalue weighted by Gasteiger charge is -2.19. The third-order valence-electron chi connectivity index (χ3n) is 7.38. The Bertz CT molecular complexity index is 1660. The number of rotatable bonds is 8. The summed E-state index contributed by atoms with van der Waals surface area (Å²) in [7, 11) is 0. The van der Waals surface area contributed by atoms with Gasteiger partial charge in [0.1, 0.15) is 5.60 Å². The van der Waals surface area contributed by atoms with Crippen LogP contribution < -0.4 is 5.32 Å². The molecule has 2 aromatic carbocycles. The van der Waals surface area contributed by atoms with Gasteiger partial charge in [-0.2, -0.15) is 9.78 Å². The first kappa shape index (κ1) is 29.1. The van der Waals surface area contributed by atoms with Crippen molar-refractivity contribution in [2.75, 3.05) is 13.1 Å². The molecule has 1 amide bonds. The summed E-state index contributed by atoms with van der Waals surface area (Å²) in [4.78, 5) is 34.9. The fraction of sp³-hybridized carbons (Fsp3) is 0.353. The topological polar surface area (TPSA) is 89.4 Å². The molecular weight excluding hydrogens is 558 g/mol. The predicted octanol–water partition coefficient (Wildman–Crippen LogP) is 7.02. The summed E-state index contributed by atoms with van der Waals surface area (Å²) in [5.74, 6) is -0.0596. The maximum atomic E-state index is 13.2. The Morgan fingerprint density at radius 3 is 2.56 bits per heavy atom. The molecular formula is C34H37N5O3S. The number of amides is 1. The van der Waals surface area contributed by atoms with E-state index in [1.165, 1.54) is 34.8 Å². The van der Waals surface area contributed by atoms with E-state index in [4.69, 9.17) is 4.74 Å². The van der Waals surface area contributed by atoms with Crippen LogP contribution in [0.25, 0.3) is 23.1 Å². The van der Waals surface area contributed by atoms with E-state index in [9.17, 15) is 9.59 Å². The maximum absolute atomic E-state index is 13.2. The molecule has 1 aliphatic carbocycles. The number of fused-ring (bicyclic) bond motifs is 1. The Morgan fingerprint density at radius 2 is 1.84 bits per heavy atom. The van der Waals surface area contributed by atoms with Gasteiger partial charge in [0, 0.05) is 34.0 Å². The van der Waals surface area contributed by atoms with Gasteiger partial charge in [-0.1, -0.05) is 30.0 Å². The van der Waals surface area contributed by atoms with E-state index < -0.39 is 11.7 Å². The highest BCUT2D eigenvalue weighted by molar-refractivity contribution is 7.99. The molecule has 1 N–H and O–H groups in total. The van der Waals surface area contributed by atoms with E-state index >= 15 is 0 Å². The molecule has 0 bridgehead atoms. The first-order valence-electron chi connectivity index (χ1n) is 14.9. The summed E-state index contributed by atoms with van der Waals surface area (Å²) in [5.41, 5.74) is 3.26. The molecule has 2 fully saturated rings. The molecule has 6 rings (SSSR count). The summed E-state index contributed by atoms with van der Waals surface area (Å²) in [6.07, 6.45) is 9.78. The number of carbonyl (C=O) groups excluding carboxylic acids is 2. The summed E-state index contributed by atoms with van der Waals surface area (Å²) < 4.78 is 7.01. The zero-order valence-electron chi connectivity index (χ0n) is 24.9. The minimum absolute atomic E-state index is 0.0596. The molecule has 1 aliphatic heterocycles. The summed E-state index contributed by atoms with van der Waals surface area (Å²) in [6.45, 7) is 8.73. The molecule has 222 valence electrons. The summed E-state index contributed by atoms with van der Waals surface area (Å²) in [6, 6.07) is 17.9. The van der Waals surface area contributed by atoms with Gasteiger partial charge >= 0.3 is 6.09 Å². The molecule has 2 aromatic heterocycles. The van der Waals surface area contributed by atoms with Gasteiger partial charge in [0.25, 0.3) is 5.91 Å². The van der Waals surface area contributed by atoms with Crippen molar-refractivity contribution in [2.45, 2.75) is 74.4 Å². The number of aromatic nitrogens is 3. The number of carbonyl (C=O) groups is 2. The zero-order valence-corrected chi connectivity index (χ0v) is 25.7. The predicted molar refractivity (Wildman–Crippen MR) is 170 cm³/mol. The van der Waals surface area contributed by atoms with Crippen molar-refractivity contribution in [3.63, 3.8) is 0 Å². The molecule has 43 heavy (non-hydrogen) atoms. The van der Waals surface area contributed by atoms with Crippen molar-refractivity contribution >= 4 is 46.8 Å². The molecule has 3 heterocycles. The summed E-state index contributed by atoms with van der Waals surface area (Å²) >= 11 is 1.48. The van der Waals surface area contributed by atoms with E-state index in [0.29, 0.717) is 16.8 Å². The smallest absolute Gasteiger partial charge is 0.435 e. The lowest BCUT2D eigenvalue weighted by atomic mass is 10.2. The SMILES string of the molecule is CC(C)(C)OC(=O)n1nc(/C=C/c2ccc(CN3CCCC3)cn2)c2ccc(Sc3ccccc3C(=O)NC3CC3)cc21. The number of benzene rings is 2. The monoisotopic (exact) mass is 595 g/mol. The van der Waals surface area contributed by atoms with Crippen LogP contribution in [-0.2, 0) is 11.3 Å². The number of nitrogens with one attached hydrogen (secondary N) is 1. The highest BCUT2D eigenvalue weighted by Gasteiger charge is 2.25. The van der Waals surface area contributed by atoms with E-state index in [2.05, 4.69) is 26.4 Å². The van der Waals surface area contributed by atoms with Crippen molar-refractivity contribution < 1.29 is 14.3 Å². The molecule has 4 aromatic rings. The number of likely N-dealkylation sites (tertiary alicyclic amines) is 1. The lowest BCUT2D eigenvalue weighted by Crippen LogP contribution is -2.27. The van der Waals surface area contributed by atoms with Crippen LogP contribution in [0.2, 0.25) is 0 Å². The number of ether oxygens (including phenoxy) is 1. The molecule has 0 atom stereocenters. The molecule has 2 aliphatic rings. The normalized spacial score (nSPS) is 15.8. The van der Waals surface area contributed by atoms with Crippen molar-refractivity contribution in [3.05, 3.63) is 83.3 Å². The molecule has 1 saturated carbocycles. The van der Waals surface area contributed by atoms with Crippen LogP contribution >= 0.6 is 11.8 Å². The lowest BCUT2D eigenvalue weighted by molar-refractivity contribution is 0.0522. The van der Waals surface area contributed by atoms with Gasteiger partial charge < -0.3 is 10.1 Å². The van der Waals surface area contributed by atoms with Crippen molar-refractivity contribution in [3.8, 4) is 0 Å². The quantitative estimate of drug-likeness (QED) is 0.234.